The van der Waals surface area contributed by atoms with Gasteiger partial charge < -0.3 is 9.47 Å². The van der Waals surface area contributed by atoms with E-state index in [9.17, 15) is 18.0 Å². The molecule has 0 rings (SSSR count). The quantitative estimate of drug-likeness (QED) is 0.319. The minimum absolute atomic E-state index is 0.253. The van der Waals surface area contributed by atoms with Crippen molar-refractivity contribution in [2.45, 2.75) is 0 Å². The first kappa shape index (κ1) is 14.1. The molecule has 0 aliphatic heterocycles. The SMILES string of the molecule is C=COC(=O)/C=C(\C(=O)OC=C)S(=O)(=O)O. The number of carbonyl (C=O) groups is 2. The summed E-state index contributed by atoms with van der Waals surface area (Å²) in [5.74, 6) is -2.66. The second kappa shape index (κ2) is 5.83. The van der Waals surface area contributed by atoms with Gasteiger partial charge in [0.25, 0.3) is 0 Å². The third kappa shape index (κ3) is 4.53. The summed E-state index contributed by atoms with van der Waals surface area (Å²) < 4.78 is 38.3. The molecule has 0 bridgehead atoms. The molecule has 0 aromatic heterocycles. The molecule has 0 amide bonds. The lowest BCUT2D eigenvalue weighted by Crippen LogP contribution is -2.15. The molecule has 0 aromatic carbocycles. The van der Waals surface area contributed by atoms with E-state index in [-0.39, 0.29) is 6.08 Å². The number of ether oxygens (including phenoxy) is 2. The van der Waals surface area contributed by atoms with Crippen molar-refractivity contribution >= 4 is 22.1 Å². The maximum Gasteiger partial charge on any atom is 0.357 e. The summed E-state index contributed by atoms with van der Waals surface area (Å²) >= 11 is 0. The molecule has 0 saturated heterocycles. The summed E-state index contributed by atoms with van der Waals surface area (Å²) in [4.78, 5) is 20.6. The largest absolute Gasteiger partial charge is 0.432 e. The van der Waals surface area contributed by atoms with Gasteiger partial charge in [-0.1, -0.05) is 13.2 Å². The van der Waals surface area contributed by atoms with Crippen LogP contribution in [0.25, 0.3) is 0 Å². The molecule has 1 N–H and O–H groups in total. The van der Waals surface area contributed by atoms with E-state index in [2.05, 4.69) is 22.6 Å². The van der Waals surface area contributed by atoms with Crippen LogP contribution in [0.2, 0.25) is 0 Å². The third-order valence-electron chi connectivity index (χ3n) is 1.12. The maximum atomic E-state index is 11.0. The van der Waals surface area contributed by atoms with Crippen molar-refractivity contribution in [3.8, 4) is 0 Å². The summed E-state index contributed by atoms with van der Waals surface area (Å²) in [6, 6.07) is 0. The van der Waals surface area contributed by atoms with Gasteiger partial charge in [0.15, 0.2) is 4.91 Å². The predicted molar refractivity (Wildman–Crippen MR) is 52.2 cm³/mol. The Hall–Kier alpha value is -1.93. The van der Waals surface area contributed by atoms with Gasteiger partial charge in [-0.3, -0.25) is 4.55 Å². The van der Waals surface area contributed by atoms with Gasteiger partial charge in [0.1, 0.15) is 0 Å². The average Bonchev–Trinajstić information content (AvgIpc) is 2.13. The highest BCUT2D eigenvalue weighted by molar-refractivity contribution is 7.90. The van der Waals surface area contributed by atoms with Crippen molar-refractivity contribution in [3.63, 3.8) is 0 Å². The molecule has 0 spiro atoms. The van der Waals surface area contributed by atoms with E-state index in [0.717, 1.165) is 6.26 Å². The predicted octanol–water partition coefficient (Wildman–Crippen LogP) is 0.131. The average molecular weight is 248 g/mol. The van der Waals surface area contributed by atoms with Crippen LogP contribution in [0.3, 0.4) is 0 Å². The van der Waals surface area contributed by atoms with Crippen molar-refractivity contribution in [3.05, 3.63) is 36.7 Å². The summed E-state index contributed by atoms with van der Waals surface area (Å²) in [6.45, 7) is 6.04. The van der Waals surface area contributed by atoms with Gasteiger partial charge in [-0.15, -0.1) is 0 Å². The van der Waals surface area contributed by atoms with Crippen molar-refractivity contribution in [1.29, 1.82) is 0 Å². The van der Waals surface area contributed by atoms with E-state index in [4.69, 9.17) is 4.55 Å². The number of carbonyl (C=O) groups excluding carboxylic acids is 2. The maximum absolute atomic E-state index is 11.0. The molecule has 0 heterocycles. The third-order valence-corrected chi connectivity index (χ3v) is 1.96. The molecule has 88 valence electrons. The Balaban J connectivity index is 5.26. The Labute approximate surface area is 91.4 Å². The van der Waals surface area contributed by atoms with Crippen molar-refractivity contribution in [1.82, 2.24) is 0 Å². The minimum atomic E-state index is -4.90. The first-order valence-electron chi connectivity index (χ1n) is 3.65. The first-order chi connectivity index (χ1) is 7.32. The molecular weight excluding hydrogens is 240 g/mol. The zero-order valence-corrected chi connectivity index (χ0v) is 8.77. The highest BCUT2D eigenvalue weighted by Gasteiger charge is 2.25. The van der Waals surface area contributed by atoms with Crippen LogP contribution in [0.1, 0.15) is 0 Å². The monoisotopic (exact) mass is 248 g/mol. The Morgan fingerprint density at radius 2 is 1.62 bits per heavy atom. The van der Waals surface area contributed by atoms with Crippen molar-refractivity contribution < 1.29 is 32.0 Å². The normalized spacial score (nSPS) is 11.4. The molecule has 0 saturated carbocycles. The van der Waals surface area contributed by atoms with Crippen LogP contribution >= 0.6 is 0 Å². The van der Waals surface area contributed by atoms with Crippen LogP contribution in [-0.4, -0.2) is 24.9 Å². The molecular formula is C8H8O7S. The fourth-order valence-corrected chi connectivity index (χ4v) is 1.10. The standard InChI is InChI=1S/C8H8O7S/c1-3-14-7(9)5-6(16(11,12)13)8(10)15-4-2/h3-5H,1-2H2,(H,11,12,13)/b6-5+. The van der Waals surface area contributed by atoms with Crippen LogP contribution in [-0.2, 0) is 29.2 Å². The van der Waals surface area contributed by atoms with E-state index in [1.165, 1.54) is 0 Å². The molecule has 0 aromatic rings. The van der Waals surface area contributed by atoms with Crippen molar-refractivity contribution in [2.24, 2.45) is 0 Å². The van der Waals surface area contributed by atoms with Gasteiger partial charge in [0, 0.05) is 0 Å². The van der Waals surface area contributed by atoms with E-state index in [1.54, 1.807) is 0 Å². The molecule has 7 nitrogen and oxygen atoms in total. The van der Waals surface area contributed by atoms with Gasteiger partial charge in [-0.2, -0.15) is 8.42 Å². The van der Waals surface area contributed by atoms with Gasteiger partial charge in [-0.05, 0) is 0 Å². The Kier molecular flexibility index (Phi) is 5.13. The van der Waals surface area contributed by atoms with Crippen LogP contribution in [0.15, 0.2) is 36.7 Å². The van der Waals surface area contributed by atoms with E-state index < -0.39 is 27.0 Å². The van der Waals surface area contributed by atoms with E-state index >= 15 is 0 Å². The summed E-state index contributed by atoms with van der Waals surface area (Å²) in [7, 11) is -4.90. The number of esters is 2. The summed E-state index contributed by atoms with van der Waals surface area (Å²) in [5.41, 5.74) is 0. The van der Waals surface area contributed by atoms with Gasteiger partial charge in [0.05, 0.1) is 18.6 Å². The molecule has 0 radical (unpaired) electrons. The topological polar surface area (TPSA) is 107 Å². The number of hydrogen-bond acceptors (Lipinski definition) is 6. The molecule has 8 heteroatoms. The van der Waals surface area contributed by atoms with Crippen molar-refractivity contribution in [2.75, 3.05) is 0 Å². The smallest absolute Gasteiger partial charge is 0.357 e. The minimum Gasteiger partial charge on any atom is -0.432 e. The van der Waals surface area contributed by atoms with Crippen LogP contribution in [0, 0.1) is 0 Å². The molecule has 0 fully saturated rings. The highest BCUT2D eigenvalue weighted by atomic mass is 32.2. The zero-order chi connectivity index (χ0) is 12.8. The Morgan fingerprint density at radius 3 is 2.00 bits per heavy atom. The van der Waals surface area contributed by atoms with Crippen LogP contribution in [0.5, 0.6) is 0 Å². The molecule has 0 aliphatic carbocycles. The Morgan fingerprint density at radius 1 is 1.12 bits per heavy atom. The van der Waals surface area contributed by atoms with E-state index in [1.807, 2.05) is 0 Å². The van der Waals surface area contributed by atoms with Gasteiger partial charge in [-0.25, -0.2) is 9.59 Å². The number of hydrogen-bond donors (Lipinski definition) is 1. The molecule has 16 heavy (non-hydrogen) atoms. The van der Waals surface area contributed by atoms with Crippen LogP contribution in [0.4, 0.5) is 0 Å². The van der Waals surface area contributed by atoms with Gasteiger partial charge >= 0.3 is 22.1 Å². The highest BCUT2D eigenvalue weighted by Crippen LogP contribution is 2.07. The summed E-state index contributed by atoms with van der Waals surface area (Å²) in [6.07, 6.45) is 1.61. The molecule has 0 aliphatic rings. The second-order valence-electron chi connectivity index (χ2n) is 2.16. The fraction of sp³-hybridized carbons (Fsp3) is 0. The van der Waals surface area contributed by atoms with Gasteiger partial charge in [0.2, 0.25) is 0 Å². The fourth-order valence-electron chi connectivity index (χ4n) is 0.596. The zero-order valence-electron chi connectivity index (χ0n) is 7.95. The van der Waals surface area contributed by atoms with Crippen LogP contribution < -0.4 is 0 Å². The lowest BCUT2D eigenvalue weighted by atomic mass is 10.5. The molecule has 0 unspecified atom stereocenters. The Bertz CT molecular complexity index is 443. The lowest BCUT2D eigenvalue weighted by Gasteiger charge is -2.00. The van der Waals surface area contributed by atoms with E-state index in [0.29, 0.717) is 6.26 Å². The second-order valence-corrected chi connectivity index (χ2v) is 3.55. The number of rotatable bonds is 5. The first-order valence-corrected chi connectivity index (χ1v) is 5.09. The lowest BCUT2D eigenvalue weighted by molar-refractivity contribution is -0.135. The summed E-state index contributed by atoms with van der Waals surface area (Å²) in [5, 5.41) is 0. The molecule has 0 atom stereocenters.